The van der Waals surface area contributed by atoms with Crippen LogP contribution in [0.2, 0.25) is 5.28 Å². The summed E-state index contributed by atoms with van der Waals surface area (Å²) in [7, 11) is -3.74. The Kier molecular flexibility index (Phi) is 3.16. The van der Waals surface area contributed by atoms with Crippen molar-refractivity contribution >= 4 is 21.6 Å². The molecule has 1 heterocycles. The van der Waals surface area contributed by atoms with Crippen molar-refractivity contribution in [2.75, 3.05) is 0 Å². The van der Waals surface area contributed by atoms with Crippen LogP contribution >= 0.6 is 11.6 Å². The molecule has 0 radical (unpaired) electrons. The number of hydrogen-bond acceptors (Lipinski definition) is 4. The van der Waals surface area contributed by atoms with Gasteiger partial charge in [0.25, 0.3) is 10.0 Å². The molecule has 0 unspecified atom stereocenters. The topological polar surface area (TPSA) is 64.8 Å². The number of benzene rings is 1. The number of halogens is 1. The minimum absolute atomic E-state index is 0.0963. The molecule has 0 bridgehead atoms. The summed E-state index contributed by atoms with van der Waals surface area (Å²) in [6, 6.07) is 3.64. The average Bonchev–Trinajstić information content (AvgIpc) is 2.63. The van der Waals surface area contributed by atoms with E-state index in [9.17, 15) is 8.42 Å². The van der Waals surface area contributed by atoms with Gasteiger partial charge in [0.1, 0.15) is 6.33 Å². The second-order valence-electron chi connectivity index (χ2n) is 4.12. The first kappa shape index (κ1) is 13.0. The maximum atomic E-state index is 12.4. The van der Waals surface area contributed by atoms with E-state index in [-0.39, 0.29) is 10.2 Å². The summed E-state index contributed by atoms with van der Waals surface area (Å²) in [5.41, 5.74) is 2.37. The summed E-state index contributed by atoms with van der Waals surface area (Å²) in [4.78, 5) is 3.87. The molecule has 7 heteroatoms. The van der Waals surface area contributed by atoms with E-state index in [1.54, 1.807) is 13.8 Å². The molecule has 1 aromatic heterocycles. The van der Waals surface area contributed by atoms with E-state index in [4.69, 9.17) is 11.6 Å². The van der Waals surface area contributed by atoms with Crippen LogP contribution in [0.15, 0.2) is 23.4 Å². The van der Waals surface area contributed by atoms with Crippen molar-refractivity contribution in [3.63, 3.8) is 0 Å². The second kappa shape index (κ2) is 4.37. The Bertz CT molecular complexity index is 684. The Morgan fingerprint density at radius 3 is 2.17 bits per heavy atom. The quantitative estimate of drug-likeness (QED) is 0.847. The minimum Gasteiger partial charge on any atom is -0.204 e. The summed E-state index contributed by atoms with van der Waals surface area (Å²) in [6.45, 7) is 5.43. The van der Waals surface area contributed by atoms with Gasteiger partial charge in [0, 0.05) is 0 Å². The van der Waals surface area contributed by atoms with Crippen molar-refractivity contribution in [3.8, 4) is 0 Å². The van der Waals surface area contributed by atoms with Crippen LogP contribution in [0.1, 0.15) is 16.7 Å². The molecular formula is C11H12ClN3O2S. The van der Waals surface area contributed by atoms with Crippen molar-refractivity contribution in [2.45, 2.75) is 25.7 Å². The first-order valence-electron chi connectivity index (χ1n) is 5.23. The van der Waals surface area contributed by atoms with E-state index >= 15 is 0 Å². The molecule has 0 N–H and O–H groups in total. The molecule has 18 heavy (non-hydrogen) atoms. The van der Waals surface area contributed by atoms with Gasteiger partial charge in [0.2, 0.25) is 5.28 Å². The number of aromatic nitrogens is 3. The van der Waals surface area contributed by atoms with Gasteiger partial charge in [-0.15, -0.1) is 9.19 Å². The third-order valence-electron chi connectivity index (χ3n) is 2.55. The standard InChI is InChI=1S/C11H12ClN3O2S/c1-7-4-8(2)10(9(3)5-7)18(16,17)15-6-13-11(12)14-15/h4-6H,1-3H3. The van der Waals surface area contributed by atoms with Crippen LogP contribution in [0.4, 0.5) is 0 Å². The Labute approximate surface area is 110 Å². The molecule has 2 aromatic rings. The molecule has 2 rings (SSSR count). The van der Waals surface area contributed by atoms with Gasteiger partial charge in [-0.1, -0.05) is 17.7 Å². The van der Waals surface area contributed by atoms with E-state index in [1.165, 1.54) is 0 Å². The third-order valence-corrected chi connectivity index (χ3v) is 4.55. The highest BCUT2D eigenvalue weighted by Crippen LogP contribution is 2.23. The van der Waals surface area contributed by atoms with Gasteiger partial charge in [-0.2, -0.15) is 8.42 Å². The lowest BCUT2D eigenvalue weighted by Crippen LogP contribution is -2.16. The summed E-state index contributed by atoms with van der Waals surface area (Å²) in [6.07, 6.45) is 1.09. The molecule has 0 saturated heterocycles. The van der Waals surface area contributed by atoms with Crippen LogP contribution in [0.25, 0.3) is 0 Å². The number of nitrogens with zero attached hydrogens (tertiary/aromatic N) is 3. The monoisotopic (exact) mass is 285 g/mol. The summed E-state index contributed by atoms with van der Waals surface area (Å²) < 4.78 is 25.6. The van der Waals surface area contributed by atoms with E-state index in [0.29, 0.717) is 11.1 Å². The fourth-order valence-electron chi connectivity index (χ4n) is 2.01. The maximum absolute atomic E-state index is 12.4. The normalized spacial score (nSPS) is 11.8. The molecule has 0 spiro atoms. The van der Waals surface area contributed by atoms with Gasteiger partial charge in [-0.25, -0.2) is 4.98 Å². The minimum atomic E-state index is -3.74. The average molecular weight is 286 g/mol. The lowest BCUT2D eigenvalue weighted by molar-refractivity contribution is 0.578. The predicted octanol–water partition coefficient (Wildman–Crippen LogP) is 2.09. The van der Waals surface area contributed by atoms with Gasteiger partial charge < -0.3 is 0 Å². The Hall–Kier alpha value is -1.40. The largest absolute Gasteiger partial charge is 0.284 e. The SMILES string of the molecule is Cc1cc(C)c(S(=O)(=O)n2cnc(Cl)n2)c(C)c1. The third kappa shape index (κ3) is 2.13. The molecule has 5 nitrogen and oxygen atoms in total. The molecule has 0 atom stereocenters. The van der Waals surface area contributed by atoms with Crippen molar-refractivity contribution in [1.82, 2.24) is 14.2 Å². The van der Waals surface area contributed by atoms with E-state index < -0.39 is 10.0 Å². The zero-order valence-corrected chi connectivity index (χ0v) is 11.7. The van der Waals surface area contributed by atoms with Gasteiger partial charge in [0.15, 0.2) is 0 Å². The van der Waals surface area contributed by atoms with E-state index in [2.05, 4.69) is 10.1 Å². The molecule has 0 aliphatic rings. The van der Waals surface area contributed by atoms with Gasteiger partial charge >= 0.3 is 0 Å². The highest BCUT2D eigenvalue weighted by atomic mass is 35.5. The number of rotatable bonds is 2. The maximum Gasteiger partial charge on any atom is 0.284 e. The molecule has 0 aliphatic carbocycles. The van der Waals surface area contributed by atoms with E-state index in [0.717, 1.165) is 16.0 Å². The fourth-order valence-corrected chi connectivity index (χ4v) is 3.66. The van der Waals surface area contributed by atoms with Crippen LogP contribution in [-0.4, -0.2) is 22.6 Å². The first-order valence-corrected chi connectivity index (χ1v) is 7.05. The van der Waals surface area contributed by atoms with Gasteiger partial charge in [0.05, 0.1) is 4.90 Å². The number of aryl methyl sites for hydroxylation is 3. The van der Waals surface area contributed by atoms with Crippen molar-refractivity contribution in [3.05, 3.63) is 40.4 Å². The van der Waals surface area contributed by atoms with Gasteiger partial charge in [-0.3, -0.25) is 0 Å². The van der Waals surface area contributed by atoms with Crippen LogP contribution in [0.3, 0.4) is 0 Å². The first-order chi connectivity index (χ1) is 8.32. The summed E-state index contributed by atoms with van der Waals surface area (Å²) in [5, 5.41) is 3.55. The highest BCUT2D eigenvalue weighted by Gasteiger charge is 2.23. The molecule has 0 aliphatic heterocycles. The zero-order valence-electron chi connectivity index (χ0n) is 10.2. The summed E-state index contributed by atoms with van der Waals surface area (Å²) >= 11 is 5.55. The number of hydrogen-bond donors (Lipinski definition) is 0. The lowest BCUT2D eigenvalue weighted by atomic mass is 10.1. The lowest BCUT2D eigenvalue weighted by Gasteiger charge is -2.11. The molecule has 0 amide bonds. The highest BCUT2D eigenvalue weighted by molar-refractivity contribution is 7.90. The Morgan fingerprint density at radius 2 is 1.72 bits per heavy atom. The molecule has 0 saturated carbocycles. The molecule has 96 valence electrons. The molecule has 0 fully saturated rings. The van der Waals surface area contributed by atoms with Crippen LogP contribution in [0, 0.1) is 20.8 Å². The smallest absolute Gasteiger partial charge is 0.204 e. The Balaban J connectivity index is 2.69. The van der Waals surface area contributed by atoms with E-state index in [1.807, 2.05) is 19.1 Å². The predicted molar refractivity (Wildman–Crippen MR) is 68.3 cm³/mol. The van der Waals surface area contributed by atoms with Crippen molar-refractivity contribution < 1.29 is 8.42 Å². The van der Waals surface area contributed by atoms with Crippen LogP contribution in [-0.2, 0) is 10.0 Å². The molecular weight excluding hydrogens is 274 g/mol. The zero-order chi connectivity index (χ0) is 13.5. The fraction of sp³-hybridized carbons (Fsp3) is 0.273. The second-order valence-corrected chi connectivity index (χ2v) is 6.19. The van der Waals surface area contributed by atoms with Gasteiger partial charge in [-0.05, 0) is 43.5 Å². The Morgan fingerprint density at radius 1 is 1.17 bits per heavy atom. The van der Waals surface area contributed by atoms with Crippen molar-refractivity contribution in [1.29, 1.82) is 0 Å². The van der Waals surface area contributed by atoms with Crippen LogP contribution < -0.4 is 0 Å². The van der Waals surface area contributed by atoms with Crippen LogP contribution in [0.5, 0.6) is 0 Å². The molecule has 1 aromatic carbocycles. The summed E-state index contributed by atoms with van der Waals surface area (Å²) in [5.74, 6) is 0. The van der Waals surface area contributed by atoms with Crippen molar-refractivity contribution in [2.24, 2.45) is 0 Å².